The van der Waals surface area contributed by atoms with Crippen LogP contribution >= 0.6 is 24.0 Å². The molecule has 2 saturated heterocycles. The summed E-state index contributed by atoms with van der Waals surface area (Å²) >= 11 is 0. The number of ether oxygens (including phenoxy) is 1. The zero-order valence-corrected chi connectivity index (χ0v) is 18.8. The Kier molecular flexibility index (Phi) is 7.39. The van der Waals surface area contributed by atoms with E-state index in [4.69, 9.17) is 9.73 Å². The van der Waals surface area contributed by atoms with Crippen molar-refractivity contribution < 1.29 is 4.74 Å². The highest BCUT2D eigenvalue weighted by Gasteiger charge is 2.41. The first-order chi connectivity index (χ1) is 12.7. The van der Waals surface area contributed by atoms with Gasteiger partial charge in [-0.05, 0) is 50.7 Å². The summed E-state index contributed by atoms with van der Waals surface area (Å²) in [6, 6.07) is 9.68. The number of hydrogen-bond donors (Lipinski definition) is 2. The second-order valence-corrected chi connectivity index (χ2v) is 7.92. The number of nitrogens with one attached hydrogen (secondary N) is 2. The minimum Gasteiger partial charge on any atom is -0.373 e. The molecule has 0 aliphatic carbocycles. The quantitative estimate of drug-likeness (QED) is 0.384. The SMILES string of the molecule is CCNC(=NCC(C)N1CCc2ccccc2C1)NC1CC2CCC1O2.I. The molecular weight excluding hydrogens is 451 g/mol. The van der Waals surface area contributed by atoms with Gasteiger partial charge in [0.1, 0.15) is 0 Å². The molecule has 2 bridgehead atoms. The van der Waals surface area contributed by atoms with Crippen LogP contribution in [0.15, 0.2) is 29.3 Å². The molecule has 3 aliphatic rings. The van der Waals surface area contributed by atoms with E-state index in [0.29, 0.717) is 24.3 Å². The average Bonchev–Trinajstić information content (AvgIpc) is 3.29. The van der Waals surface area contributed by atoms with Gasteiger partial charge in [-0.2, -0.15) is 0 Å². The molecule has 1 aromatic rings. The average molecular weight is 484 g/mol. The van der Waals surface area contributed by atoms with Crippen molar-refractivity contribution in [2.24, 2.45) is 4.99 Å². The summed E-state index contributed by atoms with van der Waals surface area (Å²) in [5.41, 5.74) is 2.98. The molecule has 2 fully saturated rings. The van der Waals surface area contributed by atoms with Crippen LogP contribution in [0.1, 0.15) is 44.2 Å². The van der Waals surface area contributed by atoms with E-state index >= 15 is 0 Å². The van der Waals surface area contributed by atoms with Crippen LogP contribution in [0.2, 0.25) is 0 Å². The number of rotatable bonds is 5. The van der Waals surface area contributed by atoms with E-state index in [2.05, 4.69) is 53.6 Å². The van der Waals surface area contributed by atoms with Crippen LogP contribution in [-0.4, -0.2) is 54.8 Å². The standard InChI is InChI=1S/C21H32N4O.HI/c1-3-22-21(24-19-12-18-8-9-20(19)26-18)23-13-15(2)25-11-10-16-6-4-5-7-17(16)14-25;/h4-7,15,18-20H,3,8-14H2,1-2H3,(H2,22,23,24);1H. The van der Waals surface area contributed by atoms with Crippen LogP contribution in [0.5, 0.6) is 0 Å². The lowest BCUT2D eigenvalue weighted by Gasteiger charge is -2.33. The fourth-order valence-corrected chi connectivity index (χ4v) is 4.52. The summed E-state index contributed by atoms with van der Waals surface area (Å²) in [5, 5.41) is 7.03. The van der Waals surface area contributed by atoms with Gasteiger partial charge in [-0.25, -0.2) is 0 Å². The number of hydrogen-bond acceptors (Lipinski definition) is 3. The zero-order valence-electron chi connectivity index (χ0n) is 16.5. The Bertz CT molecular complexity index is 653. The number of halogens is 1. The molecular formula is C21H33IN4O. The summed E-state index contributed by atoms with van der Waals surface area (Å²) in [6.45, 7) is 8.29. The third-order valence-corrected chi connectivity index (χ3v) is 6.07. The van der Waals surface area contributed by atoms with Crippen molar-refractivity contribution in [2.45, 2.75) is 70.4 Å². The van der Waals surface area contributed by atoms with Crippen molar-refractivity contribution in [3.63, 3.8) is 0 Å². The Morgan fingerprint density at radius 1 is 1.30 bits per heavy atom. The van der Waals surface area contributed by atoms with Gasteiger partial charge in [-0.1, -0.05) is 24.3 Å². The number of guanidine groups is 1. The second-order valence-electron chi connectivity index (χ2n) is 7.92. The fourth-order valence-electron chi connectivity index (χ4n) is 4.52. The first kappa shape index (κ1) is 20.9. The maximum absolute atomic E-state index is 5.96. The van der Waals surface area contributed by atoms with E-state index in [0.717, 1.165) is 45.0 Å². The van der Waals surface area contributed by atoms with Crippen molar-refractivity contribution in [2.75, 3.05) is 19.6 Å². The van der Waals surface area contributed by atoms with E-state index in [-0.39, 0.29) is 24.0 Å². The number of nitrogens with zero attached hydrogens (tertiary/aromatic N) is 2. The predicted octanol–water partition coefficient (Wildman–Crippen LogP) is 2.93. The van der Waals surface area contributed by atoms with Gasteiger partial charge in [0.2, 0.25) is 0 Å². The molecule has 150 valence electrons. The molecule has 4 atom stereocenters. The van der Waals surface area contributed by atoms with Gasteiger partial charge in [0.05, 0.1) is 24.8 Å². The molecule has 2 N–H and O–H groups in total. The Morgan fingerprint density at radius 2 is 2.11 bits per heavy atom. The highest BCUT2D eigenvalue weighted by molar-refractivity contribution is 14.0. The van der Waals surface area contributed by atoms with Crippen LogP contribution in [0.25, 0.3) is 0 Å². The maximum atomic E-state index is 5.96. The minimum absolute atomic E-state index is 0. The van der Waals surface area contributed by atoms with Crippen LogP contribution in [0.3, 0.4) is 0 Å². The van der Waals surface area contributed by atoms with Gasteiger partial charge < -0.3 is 15.4 Å². The van der Waals surface area contributed by atoms with Crippen LogP contribution in [0, 0.1) is 0 Å². The van der Waals surface area contributed by atoms with Crippen molar-refractivity contribution in [1.82, 2.24) is 15.5 Å². The van der Waals surface area contributed by atoms with Gasteiger partial charge in [-0.3, -0.25) is 9.89 Å². The summed E-state index contributed by atoms with van der Waals surface area (Å²) in [5.74, 6) is 0.943. The predicted molar refractivity (Wildman–Crippen MR) is 121 cm³/mol. The Balaban J connectivity index is 0.00000210. The smallest absolute Gasteiger partial charge is 0.191 e. The van der Waals surface area contributed by atoms with Gasteiger partial charge >= 0.3 is 0 Å². The Hall–Kier alpha value is -0.860. The van der Waals surface area contributed by atoms with Crippen molar-refractivity contribution in [3.8, 4) is 0 Å². The van der Waals surface area contributed by atoms with Crippen molar-refractivity contribution >= 4 is 29.9 Å². The summed E-state index contributed by atoms with van der Waals surface area (Å²) in [4.78, 5) is 7.44. The summed E-state index contributed by atoms with van der Waals surface area (Å²) in [7, 11) is 0. The van der Waals surface area contributed by atoms with E-state index in [1.54, 1.807) is 0 Å². The van der Waals surface area contributed by atoms with Gasteiger partial charge in [0.25, 0.3) is 0 Å². The lowest BCUT2D eigenvalue weighted by molar-refractivity contribution is 0.0992. The highest BCUT2D eigenvalue weighted by Crippen LogP contribution is 2.34. The van der Waals surface area contributed by atoms with Gasteiger partial charge in [0.15, 0.2) is 5.96 Å². The third-order valence-electron chi connectivity index (χ3n) is 6.07. The van der Waals surface area contributed by atoms with E-state index in [1.165, 1.54) is 24.0 Å². The molecule has 27 heavy (non-hydrogen) atoms. The lowest BCUT2D eigenvalue weighted by atomic mass is 9.96. The molecule has 0 amide bonds. The molecule has 5 nitrogen and oxygen atoms in total. The highest BCUT2D eigenvalue weighted by atomic mass is 127. The normalized spacial score (nSPS) is 28.4. The monoisotopic (exact) mass is 484 g/mol. The molecule has 4 unspecified atom stereocenters. The van der Waals surface area contributed by atoms with Gasteiger partial charge in [0, 0.05) is 25.7 Å². The van der Waals surface area contributed by atoms with E-state index in [9.17, 15) is 0 Å². The number of aliphatic imine (C=N–C) groups is 1. The lowest BCUT2D eigenvalue weighted by Crippen LogP contribution is -2.48. The molecule has 1 aromatic carbocycles. The van der Waals surface area contributed by atoms with Crippen molar-refractivity contribution in [1.29, 1.82) is 0 Å². The van der Waals surface area contributed by atoms with Crippen LogP contribution in [0.4, 0.5) is 0 Å². The number of benzene rings is 1. The first-order valence-corrected chi connectivity index (χ1v) is 10.2. The van der Waals surface area contributed by atoms with Gasteiger partial charge in [-0.15, -0.1) is 24.0 Å². The second kappa shape index (κ2) is 9.56. The minimum atomic E-state index is 0. The molecule has 0 saturated carbocycles. The first-order valence-electron chi connectivity index (χ1n) is 10.2. The summed E-state index contributed by atoms with van der Waals surface area (Å²) in [6.07, 6.45) is 5.51. The zero-order chi connectivity index (χ0) is 17.9. The molecule has 0 radical (unpaired) electrons. The molecule has 4 rings (SSSR count). The Morgan fingerprint density at radius 3 is 2.81 bits per heavy atom. The maximum Gasteiger partial charge on any atom is 0.191 e. The molecule has 3 heterocycles. The molecule has 0 spiro atoms. The Labute approximate surface area is 180 Å². The third kappa shape index (κ3) is 4.95. The number of fused-ring (bicyclic) bond motifs is 3. The van der Waals surface area contributed by atoms with Crippen LogP contribution in [-0.2, 0) is 17.7 Å². The van der Waals surface area contributed by atoms with Crippen molar-refractivity contribution in [3.05, 3.63) is 35.4 Å². The molecule has 6 heteroatoms. The fraction of sp³-hybridized carbons (Fsp3) is 0.667. The van der Waals surface area contributed by atoms with E-state index < -0.39 is 0 Å². The van der Waals surface area contributed by atoms with E-state index in [1.807, 2.05) is 0 Å². The molecule has 3 aliphatic heterocycles. The van der Waals surface area contributed by atoms with Crippen LogP contribution < -0.4 is 10.6 Å². The largest absolute Gasteiger partial charge is 0.373 e. The summed E-state index contributed by atoms with van der Waals surface area (Å²) < 4.78 is 5.96. The topological polar surface area (TPSA) is 48.9 Å². The molecule has 0 aromatic heterocycles.